The van der Waals surface area contributed by atoms with Crippen LogP contribution in [0.2, 0.25) is 5.02 Å². The monoisotopic (exact) mass is 196 g/mol. The molecule has 2 aromatic rings. The van der Waals surface area contributed by atoms with Gasteiger partial charge in [-0.3, -0.25) is 0 Å². The first-order chi connectivity index (χ1) is 6.25. The number of hydrogen-bond donors (Lipinski definition) is 0. The topological polar surface area (TPSA) is 53.0 Å². The highest BCUT2D eigenvalue weighted by molar-refractivity contribution is 6.30. The van der Waals surface area contributed by atoms with Gasteiger partial charge >= 0.3 is 0 Å². The van der Waals surface area contributed by atoms with Crippen LogP contribution in [0.15, 0.2) is 35.0 Å². The van der Waals surface area contributed by atoms with Crippen LogP contribution >= 0.6 is 11.6 Å². The maximum absolute atomic E-state index is 10.7. The van der Waals surface area contributed by atoms with E-state index in [1.165, 1.54) is 10.9 Å². The van der Waals surface area contributed by atoms with Gasteiger partial charge in [0.2, 0.25) is 11.9 Å². The Kier molecular flexibility index (Phi) is 1.90. The predicted molar refractivity (Wildman–Crippen MR) is 42.5 cm³/mol. The zero-order valence-corrected chi connectivity index (χ0v) is 7.23. The number of benzene rings is 1. The van der Waals surface area contributed by atoms with E-state index in [0.29, 0.717) is 10.7 Å². The van der Waals surface area contributed by atoms with Crippen molar-refractivity contribution >= 4 is 11.6 Å². The Morgan fingerprint density at radius 3 is 2.92 bits per heavy atom. The molecule has 1 aromatic carbocycles. The van der Waals surface area contributed by atoms with Crippen LogP contribution in [-0.2, 0) is 0 Å². The van der Waals surface area contributed by atoms with E-state index in [4.69, 9.17) is 11.6 Å². The molecular formula is C8H5ClN2O2. The molecule has 0 fully saturated rings. The molecule has 2 rings (SSSR count). The lowest BCUT2D eigenvalue weighted by Crippen LogP contribution is -2.31. The summed E-state index contributed by atoms with van der Waals surface area (Å²) in [4.78, 5) is 0. The Morgan fingerprint density at radius 2 is 2.31 bits per heavy atom. The summed E-state index contributed by atoms with van der Waals surface area (Å²) in [6.07, 6.45) is 1.24. The van der Waals surface area contributed by atoms with Gasteiger partial charge in [0, 0.05) is 17.2 Å². The van der Waals surface area contributed by atoms with Gasteiger partial charge in [-0.25, -0.2) is 0 Å². The summed E-state index contributed by atoms with van der Waals surface area (Å²) in [5.41, 5.74) is 0.693. The number of aromatic nitrogens is 2. The third-order valence-electron chi connectivity index (χ3n) is 1.52. The Bertz CT molecular complexity index is 428. The Balaban J connectivity index is 2.46. The van der Waals surface area contributed by atoms with Crippen molar-refractivity contribution in [2.24, 2.45) is 0 Å². The van der Waals surface area contributed by atoms with Gasteiger partial charge in [0.1, 0.15) is 5.95 Å². The fourth-order valence-electron chi connectivity index (χ4n) is 0.972. The van der Waals surface area contributed by atoms with Gasteiger partial charge in [-0.2, -0.15) is 0 Å². The fourth-order valence-corrected chi connectivity index (χ4v) is 1.16. The second-order valence-corrected chi connectivity index (χ2v) is 2.88. The minimum Gasteiger partial charge on any atom is -0.539 e. The zero-order valence-electron chi connectivity index (χ0n) is 6.48. The minimum absolute atomic E-state index is 0.486. The maximum atomic E-state index is 10.7. The molecule has 4 nitrogen and oxygen atoms in total. The molecule has 1 aromatic heterocycles. The summed E-state index contributed by atoms with van der Waals surface area (Å²) in [5, 5.41) is 14.7. The summed E-state index contributed by atoms with van der Waals surface area (Å²) in [7, 11) is 0. The van der Waals surface area contributed by atoms with Crippen molar-refractivity contribution in [1.82, 2.24) is 5.27 Å². The molecule has 0 saturated heterocycles. The van der Waals surface area contributed by atoms with E-state index in [1.54, 1.807) is 24.3 Å². The van der Waals surface area contributed by atoms with Crippen molar-refractivity contribution in [3.63, 3.8) is 0 Å². The van der Waals surface area contributed by atoms with Crippen LogP contribution in [-0.4, -0.2) is 5.27 Å². The maximum Gasteiger partial charge on any atom is 0.240 e. The van der Waals surface area contributed by atoms with E-state index < -0.39 is 5.95 Å². The number of nitrogens with zero attached hydrogens (tertiary/aromatic N) is 2. The average Bonchev–Trinajstić information content (AvgIpc) is 2.52. The molecule has 0 unspecified atom stereocenters. The highest BCUT2D eigenvalue weighted by Crippen LogP contribution is 2.10. The molecule has 0 aliphatic heterocycles. The van der Waals surface area contributed by atoms with Gasteiger partial charge in [-0.1, -0.05) is 17.7 Å². The molecule has 0 radical (unpaired) electrons. The van der Waals surface area contributed by atoms with Gasteiger partial charge in [0.15, 0.2) is 0 Å². The van der Waals surface area contributed by atoms with Crippen molar-refractivity contribution < 1.29 is 14.3 Å². The molecule has 0 N–H and O–H groups in total. The molecule has 0 spiro atoms. The first-order valence-electron chi connectivity index (χ1n) is 3.57. The molecule has 0 amide bonds. The second-order valence-electron chi connectivity index (χ2n) is 2.45. The first kappa shape index (κ1) is 8.07. The lowest BCUT2D eigenvalue weighted by Gasteiger charge is -1.88. The highest BCUT2D eigenvalue weighted by atomic mass is 35.5. The van der Waals surface area contributed by atoms with E-state index in [1.807, 2.05) is 0 Å². The van der Waals surface area contributed by atoms with Crippen molar-refractivity contribution in [2.45, 2.75) is 0 Å². The predicted octanol–water partition coefficient (Wildman–Crippen LogP) is 0.678. The molecule has 13 heavy (non-hydrogen) atoms. The van der Waals surface area contributed by atoms with Gasteiger partial charge in [-0.05, 0) is 10.7 Å². The van der Waals surface area contributed by atoms with E-state index in [-0.39, 0.29) is 0 Å². The quantitative estimate of drug-likeness (QED) is 0.631. The van der Waals surface area contributed by atoms with Crippen LogP contribution in [0.5, 0.6) is 5.95 Å². The van der Waals surface area contributed by atoms with Crippen molar-refractivity contribution in [2.75, 3.05) is 0 Å². The van der Waals surface area contributed by atoms with Crippen LogP contribution in [0.4, 0.5) is 0 Å². The average molecular weight is 197 g/mol. The van der Waals surface area contributed by atoms with Crippen molar-refractivity contribution in [3.8, 4) is 11.6 Å². The standard InChI is InChI=1S/C8H5ClN2O2/c9-6-2-1-3-7(4-6)11-5-8(12)13-10-11/h1-5H. The lowest BCUT2D eigenvalue weighted by atomic mass is 10.3. The third kappa shape index (κ3) is 1.62. The van der Waals surface area contributed by atoms with Crippen molar-refractivity contribution in [1.29, 1.82) is 0 Å². The van der Waals surface area contributed by atoms with Gasteiger partial charge in [0.05, 0.1) is 5.27 Å². The Hall–Kier alpha value is -1.55. The number of halogens is 1. The molecule has 66 valence electrons. The van der Waals surface area contributed by atoms with Gasteiger partial charge in [0.25, 0.3) is 0 Å². The number of hydrogen-bond acceptors (Lipinski definition) is 3. The molecule has 0 aliphatic carbocycles. The Morgan fingerprint density at radius 1 is 1.46 bits per heavy atom. The van der Waals surface area contributed by atoms with E-state index in [0.717, 1.165) is 0 Å². The SMILES string of the molecule is [O-]c1c[n+](-c2cccc(Cl)c2)no1. The fraction of sp³-hybridized carbons (Fsp3) is 0. The first-order valence-corrected chi connectivity index (χ1v) is 3.95. The molecule has 1 heterocycles. The molecule has 0 atom stereocenters. The number of rotatable bonds is 1. The van der Waals surface area contributed by atoms with Crippen LogP contribution in [0.25, 0.3) is 5.69 Å². The Labute approximate surface area is 78.9 Å². The summed E-state index contributed by atoms with van der Waals surface area (Å²) >= 11 is 5.75. The van der Waals surface area contributed by atoms with E-state index in [9.17, 15) is 5.11 Å². The summed E-state index contributed by atoms with van der Waals surface area (Å²) in [5.74, 6) is -0.486. The highest BCUT2D eigenvalue weighted by Gasteiger charge is 2.08. The van der Waals surface area contributed by atoms with E-state index in [2.05, 4.69) is 9.79 Å². The summed E-state index contributed by atoms with van der Waals surface area (Å²) in [6, 6.07) is 6.96. The zero-order chi connectivity index (χ0) is 9.26. The molecule has 0 aliphatic rings. The lowest BCUT2D eigenvalue weighted by molar-refractivity contribution is -0.670. The van der Waals surface area contributed by atoms with E-state index >= 15 is 0 Å². The summed E-state index contributed by atoms with van der Waals surface area (Å²) in [6.45, 7) is 0. The smallest absolute Gasteiger partial charge is 0.240 e. The van der Waals surface area contributed by atoms with Gasteiger partial charge in [-0.15, -0.1) is 0 Å². The van der Waals surface area contributed by atoms with Gasteiger partial charge < -0.3 is 9.63 Å². The second kappa shape index (κ2) is 3.06. The normalized spacial score (nSPS) is 10.2. The molecule has 5 heteroatoms. The van der Waals surface area contributed by atoms with Crippen molar-refractivity contribution in [3.05, 3.63) is 35.5 Å². The summed E-state index contributed by atoms with van der Waals surface area (Å²) < 4.78 is 5.70. The van der Waals surface area contributed by atoms with Crippen LogP contribution in [0, 0.1) is 0 Å². The minimum atomic E-state index is -0.486. The van der Waals surface area contributed by atoms with Crippen LogP contribution in [0.3, 0.4) is 0 Å². The molecule has 0 bridgehead atoms. The molecular weight excluding hydrogens is 192 g/mol. The third-order valence-corrected chi connectivity index (χ3v) is 1.75. The molecule has 0 saturated carbocycles. The van der Waals surface area contributed by atoms with Crippen LogP contribution < -0.4 is 9.79 Å². The van der Waals surface area contributed by atoms with Crippen LogP contribution in [0.1, 0.15) is 0 Å². The largest absolute Gasteiger partial charge is 0.539 e.